The molecule has 19 N–H and O–H groups in total. The molecule has 0 saturated heterocycles. The molecule has 12 unspecified atom stereocenters. The molecule has 0 radical (unpaired) electrons. The molecule has 0 heterocycles. The first-order chi connectivity index (χ1) is 24.0. The number of aliphatic hydroxyl groups is 15. The molecule has 22 heteroatoms. The predicted octanol–water partition coefficient (Wildman–Crippen LogP) is -9.25. The Morgan fingerprint density at radius 3 is 1.22 bits per heavy atom. The van der Waals surface area contributed by atoms with Crippen molar-refractivity contribution in [2.24, 2.45) is 0 Å². The molecule has 51 heavy (non-hydrogen) atoms. The van der Waals surface area contributed by atoms with Crippen molar-refractivity contribution >= 4 is 5.91 Å². The lowest BCUT2D eigenvalue weighted by Crippen LogP contribution is -2.52. The summed E-state index contributed by atoms with van der Waals surface area (Å²) in [6.07, 6.45) is -18.7. The quantitative estimate of drug-likeness (QED) is 0.0224. The minimum Gasteiger partial charge on any atom is -0.394 e. The molecule has 0 aromatic heterocycles. The number of hydroxylamine groups is 2. The van der Waals surface area contributed by atoms with E-state index in [1.54, 1.807) is 7.05 Å². The first-order valence-electron chi connectivity index (χ1n) is 16.7. The number of hydrogen-bond donors (Lipinski definition) is 19. The summed E-state index contributed by atoms with van der Waals surface area (Å²) in [4.78, 5) is 22.6. The molecule has 0 aliphatic rings. The average molecular weight is 755 g/mol. The van der Waals surface area contributed by atoms with Gasteiger partial charge in [0.05, 0.1) is 33.0 Å². The second-order valence-corrected chi connectivity index (χ2v) is 12.3. The van der Waals surface area contributed by atoms with Crippen LogP contribution in [0.5, 0.6) is 0 Å². The largest absolute Gasteiger partial charge is 0.394 e. The topological polar surface area (TPSA) is 387 Å². The van der Waals surface area contributed by atoms with Gasteiger partial charge < -0.3 is 87.2 Å². The van der Waals surface area contributed by atoms with Gasteiger partial charge >= 0.3 is 0 Å². The van der Waals surface area contributed by atoms with Crippen molar-refractivity contribution < 1.29 is 91.1 Å². The zero-order valence-corrected chi connectivity index (χ0v) is 28.8. The minimum absolute atomic E-state index is 0.0432. The van der Waals surface area contributed by atoms with E-state index in [1.165, 1.54) is 0 Å². The number of hydrogen-bond acceptors (Lipinski definition) is 21. The van der Waals surface area contributed by atoms with Crippen LogP contribution in [0.1, 0.15) is 38.5 Å². The zero-order valence-electron chi connectivity index (χ0n) is 28.8. The molecule has 22 nitrogen and oxygen atoms in total. The second-order valence-electron chi connectivity index (χ2n) is 12.3. The summed E-state index contributed by atoms with van der Waals surface area (Å²) < 4.78 is 0. The summed E-state index contributed by atoms with van der Waals surface area (Å²) in [5.74, 6) is -1.01. The van der Waals surface area contributed by atoms with E-state index < -0.39 is 118 Å². The molecule has 0 rings (SSSR count). The van der Waals surface area contributed by atoms with E-state index in [1.807, 2.05) is 0 Å². The number of nitrogens with one attached hydrogen (secondary N) is 4. The van der Waals surface area contributed by atoms with Gasteiger partial charge in [0.1, 0.15) is 67.1 Å². The Morgan fingerprint density at radius 1 is 0.529 bits per heavy atom. The lowest BCUT2D eigenvalue weighted by atomic mass is 9.84. The predicted molar refractivity (Wildman–Crippen MR) is 174 cm³/mol. The molecule has 12 atom stereocenters. The van der Waals surface area contributed by atoms with Gasteiger partial charge in [0.25, 0.3) is 5.91 Å². The van der Waals surface area contributed by atoms with E-state index in [4.69, 9.17) is 25.0 Å². The van der Waals surface area contributed by atoms with Gasteiger partial charge in [-0.3, -0.25) is 14.5 Å². The smallest absolute Gasteiger partial charge is 0.251 e. The van der Waals surface area contributed by atoms with Gasteiger partial charge in [-0.15, -0.1) is 0 Å². The molecule has 306 valence electrons. The fraction of sp³-hybridized carbons (Fsp3) is 0.966. The number of rotatable bonds is 32. The summed E-state index contributed by atoms with van der Waals surface area (Å²) in [5, 5.41) is 150. The van der Waals surface area contributed by atoms with Gasteiger partial charge in [-0.05, 0) is 45.6 Å². The number of amides is 1. The van der Waals surface area contributed by atoms with E-state index in [9.17, 15) is 66.1 Å². The number of carbonyl (C=O) groups excluding carboxylic acids is 1. The zero-order chi connectivity index (χ0) is 39.1. The van der Waals surface area contributed by atoms with Crippen molar-refractivity contribution in [3.05, 3.63) is 0 Å². The fourth-order valence-corrected chi connectivity index (χ4v) is 4.92. The van der Waals surface area contributed by atoms with Gasteiger partial charge in [0, 0.05) is 25.2 Å². The van der Waals surface area contributed by atoms with Crippen LogP contribution in [0.2, 0.25) is 0 Å². The second kappa shape index (κ2) is 27.3. The molecule has 0 aromatic rings. The van der Waals surface area contributed by atoms with Crippen molar-refractivity contribution in [3.8, 4) is 0 Å². The van der Waals surface area contributed by atoms with E-state index in [0.717, 1.165) is 0 Å². The van der Waals surface area contributed by atoms with Crippen LogP contribution in [-0.2, 0) is 14.5 Å². The van der Waals surface area contributed by atoms with Crippen molar-refractivity contribution in [3.63, 3.8) is 0 Å². The standard InChI is InChI=1S/C29H62N4O18/c1-30-29(5-2-8-31-28(49)27(48)26(47)23(44)18(39)13-36,6-3-9-32-50-14-19(40)24(45)21(42)16(37)11-34)7-4-10-33-51-15-20(41)25(46)22(43)17(38)12-35/h16-27,30,32-48H,2-15H2,1H3,(H,31,49). The Labute approximate surface area is 295 Å². The third-order valence-electron chi connectivity index (χ3n) is 8.42. The summed E-state index contributed by atoms with van der Waals surface area (Å²) in [6.45, 7) is -2.90. The van der Waals surface area contributed by atoms with Crippen molar-refractivity contribution in [2.45, 2.75) is 117 Å². The Hall–Kier alpha value is -1.33. The third-order valence-corrected chi connectivity index (χ3v) is 8.42. The molecular formula is C29H62N4O18. The highest BCUT2D eigenvalue weighted by Crippen LogP contribution is 2.25. The van der Waals surface area contributed by atoms with E-state index >= 15 is 0 Å². The first kappa shape index (κ1) is 49.7. The summed E-state index contributed by atoms with van der Waals surface area (Å²) in [7, 11) is 1.72. The molecule has 0 aliphatic heterocycles. The highest BCUT2D eigenvalue weighted by atomic mass is 16.7. The number of carbonyl (C=O) groups is 1. The van der Waals surface area contributed by atoms with E-state index in [2.05, 4.69) is 21.6 Å². The maximum Gasteiger partial charge on any atom is 0.251 e. The van der Waals surface area contributed by atoms with E-state index in [-0.39, 0.29) is 19.6 Å². The highest BCUT2D eigenvalue weighted by Gasteiger charge is 2.35. The SMILES string of the molecule is CNC(CCCNOCC(O)C(O)C(O)C(O)CO)(CCCNOCC(O)C(O)C(O)C(O)CO)CCCNC(=O)C(O)C(O)C(O)C(O)CO. The molecule has 0 aliphatic carbocycles. The van der Waals surface area contributed by atoms with Gasteiger partial charge in [0.15, 0.2) is 6.10 Å². The van der Waals surface area contributed by atoms with Crippen LogP contribution in [0.15, 0.2) is 0 Å². The lowest BCUT2D eigenvalue weighted by molar-refractivity contribution is -0.148. The minimum atomic E-state index is -2.09. The number of aliphatic hydroxyl groups excluding tert-OH is 15. The van der Waals surface area contributed by atoms with Crippen LogP contribution in [0.25, 0.3) is 0 Å². The Kier molecular flexibility index (Phi) is 26.6. The molecule has 0 bridgehead atoms. The van der Waals surface area contributed by atoms with Gasteiger partial charge in [-0.25, -0.2) is 11.0 Å². The Balaban J connectivity index is 5.09. The normalized spacial score (nSPS) is 20.5. The summed E-state index contributed by atoms with van der Waals surface area (Å²) >= 11 is 0. The van der Waals surface area contributed by atoms with Crippen LogP contribution < -0.4 is 21.6 Å². The van der Waals surface area contributed by atoms with Gasteiger partial charge in [-0.2, -0.15) is 0 Å². The van der Waals surface area contributed by atoms with Gasteiger partial charge in [0.2, 0.25) is 0 Å². The van der Waals surface area contributed by atoms with E-state index in [0.29, 0.717) is 38.5 Å². The summed E-state index contributed by atoms with van der Waals surface area (Å²) in [5.41, 5.74) is 4.68. The Morgan fingerprint density at radius 2 is 0.863 bits per heavy atom. The van der Waals surface area contributed by atoms with Crippen LogP contribution in [-0.4, -0.2) is 221 Å². The lowest BCUT2D eigenvalue weighted by Gasteiger charge is -2.34. The molecule has 1 amide bonds. The highest BCUT2D eigenvalue weighted by molar-refractivity contribution is 5.81. The van der Waals surface area contributed by atoms with Gasteiger partial charge in [-0.1, -0.05) is 0 Å². The molecular weight excluding hydrogens is 692 g/mol. The van der Waals surface area contributed by atoms with Crippen LogP contribution >= 0.6 is 0 Å². The van der Waals surface area contributed by atoms with Crippen molar-refractivity contribution in [1.29, 1.82) is 0 Å². The molecule has 0 aromatic carbocycles. The molecule has 0 saturated carbocycles. The van der Waals surface area contributed by atoms with Crippen molar-refractivity contribution in [1.82, 2.24) is 21.6 Å². The first-order valence-corrected chi connectivity index (χ1v) is 16.7. The van der Waals surface area contributed by atoms with Crippen LogP contribution in [0.3, 0.4) is 0 Å². The maximum atomic E-state index is 12.3. The Bertz CT molecular complexity index is 847. The maximum absolute atomic E-state index is 12.3. The average Bonchev–Trinajstić information content (AvgIpc) is 3.14. The third kappa shape index (κ3) is 18.5. The van der Waals surface area contributed by atoms with Crippen molar-refractivity contribution in [2.75, 3.05) is 59.7 Å². The fourth-order valence-electron chi connectivity index (χ4n) is 4.92. The monoisotopic (exact) mass is 754 g/mol. The summed E-state index contributed by atoms with van der Waals surface area (Å²) in [6, 6.07) is 0. The molecule has 0 fully saturated rings. The van der Waals surface area contributed by atoms with Crippen LogP contribution in [0.4, 0.5) is 0 Å². The molecule has 0 spiro atoms. The van der Waals surface area contributed by atoms with Crippen LogP contribution in [0, 0.1) is 0 Å².